The molecule has 1 N–H and O–H groups in total. The lowest BCUT2D eigenvalue weighted by Crippen LogP contribution is -2.26. The maximum Gasteiger partial charge on any atom is 0.142 e. The smallest absolute Gasteiger partial charge is 0.142 e. The van der Waals surface area contributed by atoms with Gasteiger partial charge in [0.2, 0.25) is 0 Å². The molecule has 3 heteroatoms. The Morgan fingerprint density at radius 2 is 2.15 bits per heavy atom. The Balaban J connectivity index is 2.07. The minimum Gasteiger partial charge on any atom is -0.489 e. The molecule has 1 aliphatic rings. The maximum atomic E-state index is 6.35. The van der Waals surface area contributed by atoms with Gasteiger partial charge >= 0.3 is 0 Å². The Morgan fingerprint density at radius 1 is 1.30 bits per heavy atom. The molecule has 0 radical (unpaired) electrons. The molecule has 2 nitrogen and oxygen atoms in total. The van der Waals surface area contributed by atoms with Gasteiger partial charge in [-0.1, -0.05) is 50.4 Å². The monoisotopic (exact) mass is 295 g/mol. The number of ether oxygens (including phenoxy) is 1. The van der Waals surface area contributed by atoms with Crippen LogP contribution in [0.15, 0.2) is 18.2 Å². The van der Waals surface area contributed by atoms with E-state index in [0.717, 1.165) is 41.8 Å². The molecule has 1 saturated carbocycles. The minimum atomic E-state index is 0.328. The SMILES string of the molecule is CCNCc1cccc(Cl)c1OC1CCCC(CC)C1. The van der Waals surface area contributed by atoms with Gasteiger partial charge in [-0.3, -0.25) is 0 Å². The van der Waals surface area contributed by atoms with Crippen LogP contribution in [0.1, 0.15) is 51.5 Å². The second-order valence-electron chi connectivity index (χ2n) is 5.69. The summed E-state index contributed by atoms with van der Waals surface area (Å²) in [6.45, 7) is 6.15. The minimum absolute atomic E-state index is 0.328. The summed E-state index contributed by atoms with van der Waals surface area (Å²) in [5.74, 6) is 1.70. The summed E-state index contributed by atoms with van der Waals surface area (Å²) < 4.78 is 6.27. The quantitative estimate of drug-likeness (QED) is 0.814. The molecule has 1 aromatic rings. The van der Waals surface area contributed by atoms with Crippen molar-refractivity contribution in [2.45, 2.75) is 58.6 Å². The molecule has 0 aliphatic heterocycles. The van der Waals surface area contributed by atoms with Gasteiger partial charge in [-0.15, -0.1) is 0 Å². The summed E-state index contributed by atoms with van der Waals surface area (Å²) in [5, 5.41) is 4.09. The van der Waals surface area contributed by atoms with Crippen molar-refractivity contribution < 1.29 is 4.74 Å². The van der Waals surface area contributed by atoms with E-state index in [-0.39, 0.29) is 0 Å². The van der Waals surface area contributed by atoms with Crippen molar-refractivity contribution in [1.82, 2.24) is 5.32 Å². The average molecular weight is 296 g/mol. The Hall–Kier alpha value is -0.730. The number of rotatable bonds is 6. The van der Waals surface area contributed by atoms with E-state index < -0.39 is 0 Å². The summed E-state index contributed by atoms with van der Waals surface area (Å²) in [6, 6.07) is 6.02. The number of hydrogen-bond acceptors (Lipinski definition) is 2. The molecule has 0 heterocycles. The summed E-state index contributed by atoms with van der Waals surface area (Å²) in [4.78, 5) is 0. The molecule has 20 heavy (non-hydrogen) atoms. The van der Waals surface area contributed by atoms with Crippen LogP contribution in [-0.2, 0) is 6.54 Å². The van der Waals surface area contributed by atoms with Gasteiger partial charge in [0.05, 0.1) is 11.1 Å². The van der Waals surface area contributed by atoms with Gasteiger partial charge in [0.15, 0.2) is 0 Å². The number of para-hydroxylation sites is 1. The standard InChI is InChI=1S/C17H26ClNO/c1-3-13-7-5-9-15(11-13)20-17-14(12-19-4-2)8-6-10-16(17)18/h6,8,10,13,15,19H,3-5,7,9,11-12H2,1-2H3. The summed E-state index contributed by atoms with van der Waals surface area (Å²) in [7, 11) is 0. The van der Waals surface area contributed by atoms with Gasteiger partial charge in [0, 0.05) is 12.1 Å². The lowest BCUT2D eigenvalue weighted by molar-refractivity contribution is 0.121. The molecule has 2 atom stereocenters. The molecule has 1 aromatic carbocycles. The second kappa shape index (κ2) is 7.90. The molecule has 0 saturated heterocycles. The highest BCUT2D eigenvalue weighted by molar-refractivity contribution is 6.32. The first-order chi connectivity index (χ1) is 9.74. The van der Waals surface area contributed by atoms with Gasteiger partial charge in [-0.25, -0.2) is 0 Å². The van der Waals surface area contributed by atoms with Crippen LogP contribution in [0.2, 0.25) is 5.02 Å². The van der Waals surface area contributed by atoms with Crippen LogP contribution in [0.5, 0.6) is 5.75 Å². The topological polar surface area (TPSA) is 21.3 Å². The van der Waals surface area contributed by atoms with Crippen molar-refractivity contribution >= 4 is 11.6 Å². The zero-order valence-electron chi connectivity index (χ0n) is 12.6. The Morgan fingerprint density at radius 3 is 2.90 bits per heavy atom. The molecule has 0 amide bonds. The Bertz CT molecular complexity index is 421. The molecular formula is C17H26ClNO. The van der Waals surface area contributed by atoms with Gasteiger partial charge < -0.3 is 10.1 Å². The normalized spacial score (nSPS) is 22.8. The fraction of sp³-hybridized carbons (Fsp3) is 0.647. The van der Waals surface area contributed by atoms with Crippen LogP contribution >= 0.6 is 11.6 Å². The first kappa shape index (κ1) is 15.7. The Labute approximate surface area is 127 Å². The summed E-state index contributed by atoms with van der Waals surface area (Å²) >= 11 is 6.35. The van der Waals surface area contributed by atoms with Gasteiger partial charge in [0.1, 0.15) is 5.75 Å². The van der Waals surface area contributed by atoms with E-state index in [4.69, 9.17) is 16.3 Å². The van der Waals surface area contributed by atoms with Crippen LogP contribution in [-0.4, -0.2) is 12.6 Å². The Kier molecular flexibility index (Phi) is 6.18. The van der Waals surface area contributed by atoms with Crippen molar-refractivity contribution in [2.24, 2.45) is 5.92 Å². The molecule has 0 aromatic heterocycles. The van der Waals surface area contributed by atoms with Crippen LogP contribution in [0, 0.1) is 5.92 Å². The molecule has 2 unspecified atom stereocenters. The maximum absolute atomic E-state index is 6.35. The molecule has 1 aliphatic carbocycles. The van der Waals surface area contributed by atoms with Crippen LogP contribution in [0.25, 0.3) is 0 Å². The van der Waals surface area contributed by atoms with Crippen LogP contribution in [0.3, 0.4) is 0 Å². The van der Waals surface area contributed by atoms with Gasteiger partial charge in [-0.05, 0) is 37.8 Å². The lowest BCUT2D eigenvalue weighted by Gasteiger charge is -2.30. The fourth-order valence-electron chi connectivity index (χ4n) is 2.97. The third-order valence-electron chi connectivity index (χ3n) is 4.21. The van der Waals surface area contributed by atoms with Gasteiger partial charge in [-0.2, -0.15) is 0 Å². The molecular weight excluding hydrogens is 270 g/mol. The largest absolute Gasteiger partial charge is 0.489 e. The van der Waals surface area contributed by atoms with Crippen molar-refractivity contribution in [3.63, 3.8) is 0 Å². The molecule has 112 valence electrons. The lowest BCUT2D eigenvalue weighted by atomic mass is 9.85. The van der Waals surface area contributed by atoms with E-state index in [1.807, 2.05) is 12.1 Å². The molecule has 1 fully saturated rings. The summed E-state index contributed by atoms with van der Waals surface area (Å²) in [6.07, 6.45) is 6.53. The third kappa shape index (κ3) is 4.13. The predicted molar refractivity (Wildman–Crippen MR) is 85.5 cm³/mol. The molecule has 0 bridgehead atoms. The van der Waals surface area contributed by atoms with E-state index in [1.165, 1.54) is 25.7 Å². The highest BCUT2D eigenvalue weighted by Gasteiger charge is 2.23. The van der Waals surface area contributed by atoms with Crippen LogP contribution < -0.4 is 10.1 Å². The highest BCUT2D eigenvalue weighted by Crippen LogP contribution is 2.34. The van der Waals surface area contributed by atoms with E-state index in [9.17, 15) is 0 Å². The average Bonchev–Trinajstić information content (AvgIpc) is 2.48. The van der Waals surface area contributed by atoms with Crippen molar-refractivity contribution in [3.05, 3.63) is 28.8 Å². The third-order valence-corrected chi connectivity index (χ3v) is 4.51. The van der Waals surface area contributed by atoms with E-state index in [2.05, 4.69) is 25.2 Å². The summed E-state index contributed by atoms with van der Waals surface area (Å²) in [5.41, 5.74) is 1.16. The van der Waals surface area contributed by atoms with E-state index in [1.54, 1.807) is 0 Å². The second-order valence-corrected chi connectivity index (χ2v) is 6.10. The van der Waals surface area contributed by atoms with E-state index >= 15 is 0 Å². The van der Waals surface area contributed by atoms with Crippen LogP contribution in [0.4, 0.5) is 0 Å². The number of nitrogens with one attached hydrogen (secondary N) is 1. The number of benzene rings is 1. The number of hydrogen-bond donors (Lipinski definition) is 1. The zero-order valence-corrected chi connectivity index (χ0v) is 13.4. The van der Waals surface area contributed by atoms with Gasteiger partial charge in [0.25, 0.3) is 0 Å². The first-order valence-electron chi connectivity index (χ1n) is 7.89. The fourth-order valence-corrected chi connectivity index (χ4v) is 3.21. The van der Waals surface area contributed by atoms with Crippen molar-refractivity contribution in [2.75, 3.05) is 6.54 Å². The molecule has 2 rings (SSSR count). The highest BCUT2D eigenvalue weighted by atomic mass is 35.5. The van der Waals surface area contributed by atoms with Crippen molar-refractivity contribution in [3.8, 4) is 5.75 Å². The first-order valence-corrected chi connectivity index (χ1v) is 8.27. The van der Waals surface area contributed by atoms with E-state index in [0.29, 0.717) is 6.10 Å². The number of halogens is 1. The predicted octanol–water partition coefficient (Wildman–Crippen LogP) is 4.80. The molecule has 0 spiro atoms. The van der Waals surface area contributed by atoms with Crippen molar-refractivity contribution in [1.29, 1.82) is 0 Å². The zero-order chi connectivity index (χ0) is 14.4.